The molecule has 0 saturated carbocycles. The van der Waals surface area contributed by atoms with Gasteiger partial charge >= 0.3 is 0 Å². The lowest BCUT2D eigenvalue weighted by molar-refractivity contribution is 0.241. The average Bonchev–Trinajstić information content (AvgIpc) is 3.01. The largest absolute Gasteiger partial charge is 0.338 e. The van der Waals surface area contributed by atoms with Crippen LogP contribution in [-0.2, 0) is 5.41 Å². The van der Waals surface area contributed by atoms with E-state index in [1.807, 2.05) is 0 Å². The third kappa shape index (κ3) is 1.82. The van der Waals surface area contributed by atoms with Gasteiger partial charge in [-0.1, -0.05) is 12.1 Å². The Morgan fingerprint density at radius 2 is 2.18 bits per heavy atom. The molecule has 0 radical (unpaired) electrons. The molecule has 3 rings (SSSR count). The second-order valence-electron chi connectivity index (χ2n) is 4.57. The number of hydrogen-bond donors (Lipinski definition) is 2. The van der Waals surface area contributed by atoms with Crippen LogP contribution in [0.3, 0.4) is 0 Å². The highest BCUT2D eigenvalue weighted by Crippen LogP contribution is 2.32. The molecule has 1 fully saturated rings. The van der Waals surface area contributed by atoms with Gasteiger partial charge in [-0.3, -0.25) is 5.10 Å². The highest BCUT2D eigenvalue weighted by molar-refractivity contribution is 5.40. The predicted molar refractivity (Wildman–Crippen MR) is 59.1 cm³/mol. The van der Waals surface area contributed by atoms with E-state index >= 15 is 0 Å². The lowest BCUT2D eigenvalue weighted by Gasteiger charge is -2.30. The average molecular weight is 234 g/mol. The summed E-state index contributed by atoms with van der Waals surface area (Å²) in [6, 6.07) is 0. The first-order valence-corrected chi connectivity index (χ1v) is 5.69. The first kappa shape index (κ1) is 10.4. The zero-order chi connectivity index (χ0) is 11.7. The van der Waals surface area contributed by atoms with Crippen LogP contribution in [0.2, 0.25) is 0 Å². The van der Waals surface area contributed by atoms with Gasteiger partial charge in [0.15, 0.2) is 5.82 Å². The highest BCUT2D eigenvalue weighted by Gasteiger charge is 2.34. The van der Waals surface area contributed by atoms with E-state index in [-0.39, 0.29) is 5.41 Å². The Kier molecular flexibility index (Phi) is 2.40. The van der Waals surface area contributed by atoms with E-state index in [2.05, 4.69) is 37.6 Å². The van der Waals surface area contributed by atoms with Crippen LogP contribution >= 0.6 is 0 Å². The fraction of sp³-hybridized carbons (Fsp3) is 0.600. The predicted octanol–water partition coefficient (Wildman–Crippen LogP) is 0.496. The standard InChI is InChI=1S/C10H14N6O/c1-10(2-4-11-5-3-10)9-14-8(16-17-9)7-12-6-13-15-7/h6,11H,2-5H2,1H3,(H,12,13,15). The van der Waals surface area contributed by atoms with E-state index in [9.17, 15) is 0 Å². The van der Waals surface area contributed by atoms with E-state index in [1.165, 1.54) is 6.33 Å². The quantitative estimate of drug-likeness (QED) is 0.785. The van der Waals surface area contributed by atoms with Crippen molar-refractivity contribution in [3.05, 3.63) is 12.2 Å². The molecule has 7 heteroatoms. The molecule has 0 atom stereocenters. The molecule has 90 valence electrons. The zero-order valence-electron chi connectivity index (χ0n) is 9.60. The summed E-state index contributed by atoms with van der Waals surface area (Å²) in [7, 11) is 0. The Balaban J connectivity index is 1.89. The monoisotopic (exact) mass is 234 g/mol. The summed E-state index contributed by atoms with van der Waals surface area (Å²) in [6.07, 6.45) is 3.44. The molecule has 1 aliphatic rings. The summed E-state index contributed by atoms with van der Waals surface area (Å²) < 4.78 is 5.35. The molecule has 0 bridgehead atoms. The van der Waals surface area contributed by atoms with Gasteiger partial charge in [0.05, 0.1) is 0 Å². The van der Waals surface area contributed by atoms with Crippen LogP contribution in [0.4, 0.5) is 0 Å². The fourth-order valence-electron chi connectivity index (χ4n) is 2.07. The zero-order valence-corrected chi connectivity index (χ0v) is 9.60. The van der Waals surface area contributed by atoms with Crippen molar-refractivity contribution < 1.29 is 4.52 Å². The smallest absolute Gasteiger partial charge is 0.239 e. The second-order valence-corrected chi connectivity index (χ2v) is 4.57. The van der Waals surface area contributed by atoms with Crippen LogP contribution in [-0.4, -0.2) is 38.4 Å². The number of nitrogens with zero attached hydrogens (tertiary/aromatic N) is 4. The summed E-state index contributed by atoms with van der Waals surface area (Å²) in [4.78, 5) is 8.41. The van der Waals surface area contributed by atoms with Crippen LogP contribution < -0.4 is 5.32 Å². The Labute approximate surface area is 98.0 Å². The Bertz CT molecular complexity index is 485. The maximum absolute atomic E-state index is 5.35. The number of aromatic nitrogens is 5. The number of H-pyrrole nitrogens is 1. The number of piperidine rings is 1. The van der Waals surface area contributed by atoms with E-state index in [0.29, 0.717) is 17.5 Å². The molecule has 3 heterocycles. The second kappa shape index (κ2) is 3.92. The summed E-state index contributed by atoms with van der Waals surface area (Å²) in [5.74, 6) is 1.69. The number of hydrogen-bond acceptors (Lipinski definition) is 6. The molecule has 17 heavy (non-hydrogen) atoms. The molecule has 2 aromatic rings. The molecule has 0 unspecified atom stereocenters. The summed E-state index contributed by atoms with van der Waals surface area (Å²) >= 11 is 0. The van der Waals surface area contributed by atoms with E-state index < -0.39 is 0 Å². The first-order chi connectivity index (χ1) is 8.28. The SMILES string of the molecule is CC1(c2nc(-c3ncn[nH]3)no2)CCNCC1. The third-order valence-corrected chi connectivity index (χ3v) is 3.28. The third-order valence-electron chi connectivity index (χ3n) is 3.28. The van der Waals surface area contributed by atoms with Crippen molar-refractivity contribution in [1.82, 2.24) is 30.6 Å². The van der Waals surface area contributed by atoms with Gasteiger partial charge in [0.1, 0.15) is 6.33 Å². The summed E-state index contributed by atoms with van der Waals surface area (Å²) in [5, 5.41) is 13.8. The van der Waals surface area contributed by atoms with Crippen molar-refractivity contribution in [1.29, 1.82) is 0 Å². The van der Waals surface area contributed by atoms with Gasteiger partial charge in [0.25, 0.3) is 0 Å². The van der Waals surface area contributed by atoms with Gasteiger partial charge in [-0.15, -0.1) is 0 Å². The molecule has 1 aliphatic heterocycles. The number of rotatable bonds is 2. The van der Waals surface area contributed by atoms with Gasteiger partial charge in [-0.2, -0.15) is 10.1 Å². The normalized spacial score (nSPS) is 19.4. The molecule has 2 aromatic heterocycles. The van der Waals surface area contributed by atoms with Crippen LogP contribution in [0.1, 0.15) is 25.7 Å². The van der Waals surface area contributed by atoms with Gasteiger partial charge in [0.2, 0.25) is 11.7 Å². The number of aromatic amines is 1. The van der Waals surface area contributed by atoms with Crippen molar-refractivity contribution >= 4 is 0 Å². The maximum atomic E-state index is 5.35. The van der Waals surface area contributed by atoms with Crippen molar-refractivity contribution in [3.63, 3.8) is 0 Å². The first-order valence-electron chi connectivity index (χ1n) is 5.69. The Morgan fingerprint density at radius 1 is 1.35 bits per heavy atom. The van der Waals surface area contributed by atoms with Crippen LogP contribution in [0.15, 0.2) is 10.9 Å². The van der Waals surface area contributed by atoms with Crippen LogP contribution in [0, 0.1) is 0 Å². The lowest BCUT2D eigenvalue weighted by atomic mass is 9.81. The van der Waals surface area contributed by atoms with Gasteiger partial charge in [0, 0.05) is 5.41 Å². The summed E-state index contributed by atoms with van der Waals surface area (Å²) in [5.41, 5.74) is -0.0312. The van der Waals surface area contributed by atoms with Crippen LogP contribution in [0.25, 0.3) is 11.6 Å². The molecule has 0 amide bonds. The van der Waals surface area contributed by atoms with Crippen LogP contribution in [0.5, 0.6) is 0 Å². The molecule has 1 saturated heterocycles. The molecule has 0 spiro atoms. The molecule has 0 aliphatic carbocycles. The number of nitrogens with one attached hydrogen (secondary N) is 2. The summed E-state index contributed by atoms with van der Waals surface area (Å²) in [6.45, 7) is 4.12. The minimum absolute atomic E-state index is 0.0312. The van der Waals surface area contributed by atoms with Crippen molar-refractivity contribution in [2.24, 2.45) is 0 Å². The fourth-order valence-corrected chi connectivity index (χ4v) is 2.07. The maximum Gasteiger partial charge on any atom is 0.239 e. The minimum Gasteiger partial charge on any atom is -0.338 e. The molecular formula is C10H14N6O. The Hall–Kier alpha value is -1.76. The van der Waals surface area contributed by atoms with Crippen molar-refractivity contribution in [2.45, 2.75) is 25.2 Å². The minimum atomic E-state index is -0.0312. The van der Waals surface area contributed by atoms with Gasteiger partial charge in [-0.25, -0.2) is 4.98 Å². The molecule has 2 N–H and O–H groups in total. The van der Waals surface area contributed by atoms with E-state index in [4.69, 9.17) is 4.52 Å². The highest BCUT2D eigenvalue weighted by atomic mass is 16.5. The molecule has 0 aromatic carbocycles. The molecular weight excluding hydrogens is 220 g/mol. The topological polar surface area (TPSA) is 92.5 Å². The Morgan fingerprint density at radius 3 is 2.88 bits per heavy atom. The van der Waals surface area contributed by atoms with E-state index in [0.717, 1.165) is 25.9 Å². The van der Waals surface area contributed by atoms with Crippen molar-refractivity contribution in [2.75, 3.05) is 13.1 Å². The van der Waals surface area contributed by atoms with Gasteiger partial charge < -0.3 is 9.84 Å². The van der Waals surface area contributed by atoms with Crippen molar-refractivity contribution in [3.8, 4) is 11.6 Å². The van der Waals surface area contributed by atoms with Gasteiger partial charge in [-0.05, 0) is 25.9 Å². The molecule has 7 nitrogen and oxygen atoms in total. The van der Waals surface area contributed by atoms with E-state index in [1.54, 1.807) is 0 Å². The lowest BCUT2D eigenvalue weighted by Crippen LogP contribution is -2.37.